The van der Waals surface area contributed by atoms with Gasteiger partial charge in [-0.05, 0) is 56.3 Å². The maximum absolute atomic E-state index is 13.0. The van der Waals surface area contributed by atoms with Gasteiger partial charge in [-0.2, -0.15) is 13.2 Å². The standard InChI is InChI=1S/C23H19ClF3N3O4S/c1-3-34-15-7-4-13(5-8-15)30-22-28-12(2)20(35-22)18(31)11-19(32)21(33)29-14-6-9-17(24)16(10-14)23(25,26)27/h4-10H,3,11H2,1-2H3,(H,28,30)(H,29,33). The minimum Gasteiger partial charge on any atom is -0.494 e. The Balaban J connectivity index is 1.64. The maximum atomic E-state index is 13.0. The van der Waals surface area contributed by atoms with Crippen LogP contribution in [0.25, 0.3) is 0 Å². The number of benzene rings is 2. The smallest absolute Gasteiger partial charge is 0.417 e. The van der Waals surface area contributed by atoms with Crippen LogP contribution < -0.4 is 15.4 Å². The zero-order chi connectivity index (χ0) is 25.8. The van der Waals surface area contributed by atoms with Crippen molar-refractivity contribution in [3.63, 3.8) is 0 Å². The number of halogens is 4. The van der Waals surface area contributed by atoms with E-state index in [9.17, 15) is 27.6 Å². The topological polar surface area (TPSA) is 97.4 Å². The molecule has 2 aromatic carbocycles. The lowest BCUT2D eigenvalue weighted by atomic mass is 10.1. The molecular weight excluding hydrogens is 507 g/mol. The summed E-state index contributed by atoms with van der Waals surface area (Å²) >= 11 is 6.56. The molecule has 184 valence electrons. The normalized spacial score (nSPS) is 11.1. The molecule has 3 rings (SSSR count). The molecule has 1 amide bonds. The van der Waals surface area contributed by atoms with Crippen LogP contribution >= 0.6 is 22.9 Å². The molecule has 0 unspecified atom stereocenters. The summed E-state index contributed by atoms with van der Waals surface area (Å²) in [5.41, 5.74) is -0.358. The molecule has 0 saturated carbocycles. The lowest BCUT2D eigenvalue weighted by Crippen LogP contribution is -2.25. The fourth-order valence-corrected chi connectivity index (χ4v) is 4.11. The molecule has 0 radical (unpaired) electrons. The van der Waals surface area contributed by atoms with Crippen LogP contribution in [0.5, 0.6) is 5.75 Å². The van der Waals surface area contributed by atoms with E-state index in [1.807, 2.05) is 6.92 Å². The van der Waals surface area contributed by atoms with E-state index >= 15 is 0 Å². The Labute approximate surface area is 207 Å². The Morgan fingerprint density at radius 2 is 1.74 bits per heavy atom. The number of nitrogens with one attached hydrogen (secondary N) is 2. The van der Waals surface area contributed by atoms with E-state index in [1.54, 1.807) is 31.2 Å². The summed E-state index contributed by atoms with van der Waals surface area (Å²) in [4.78, 5) is 41.5. The molecule has 12 heteroatoms. The number of rotatable bonds is 9. The van der Waals surface area contributed by atoms with Gasteiger partial charge in [0.2, 0.25) is 5.78 Å². The molecule has 2 N–H and O–H groups in total. The second kappa shape index (κ2) is 10.9. The van der Waals surface area contributed by atoms with Crippen molar-refractivity contribution < 1.29 is 32.3 Å². The Morgan fingerprint density at radius 1 is 1.09 bits per heavy atom. The van der Waals surface area contributed by atoms with Crippen LogP contribution in [0.3, 0.4) is 0 Å². The van der Waals surface area contributed by atoms with Crippen LogP contribution in [-0.2, 0) is 15.8 Å². The summed E-state index contributed by atoms with van der Waals surface area (Å²) in [6.07, 6.45) is -5.50. The number of aryl methyl sites for hydroxylation is 1. The van der Waals surface area contributed by atoms with Crippen molar-refractivity contribution in [3.05, 3.63) is 63.6 Å². The first-order chi connectivity index (χ1) is 16.5. The van der Waals surface area contributed by atoms with Crippen LogP contribution in [0.1, 0.15) is 34.3 Å². The number of hydrogen-bond donors (Lipinski definition) is 2. The predicted molar refractivity (Wildman–Crippen MR) is 127 cm³/mol. The van der Waals surface area contributed by atoms with E-state index < -0.39 is 40.7 Å². The van der Waals surface area contributed by atoms with E-state index in [0.717, 1.165) is 23.5 Å². The molecule has 35 heavy (non-hydrogen) atoms. The van der Waals surface area contributed by atoms with Crippen LogP contribution in [0.2, 0.25) is 5.02 Å². The number of amides is 1. The molecule has 0 saturated heterocycles. The molecule has 0 aliphatic rings. The highest BCUT2D eigenvalue weighted by Crippen LogP contribution is 2.36. The van der Waals surface area contributed by atoms with E-state index in [1.165, 1.54) is 0 Å². The van der Waals surface area contributed by atoms with Gasteiger partial charge in [-0.25, -0.2) is 4.98 Å². The number of nitrogens with zero attached hydrogens (tertiary/aromatic N) is 1. The van der Waals surface area contributed by atoms with Gasteiger partial charge in [0.15, 0.2) is 10.9 Å². The van der Waals surface area contributed by atoms with Gasteiger partial charge in [-0.1, -0.05) is 22.9 Å². The largest absolute Gasteiger partial charge is 0.494 e. The Hall–Kier alpha value is -3.44. The quantitative estimate of drug-likeness (QED) is 0.201. The zero-order valence-corrected chi connectivity index (χ0v) is 20.0. The van der Waals surface area contributed by atoms with Gasteiger partial charge in [-0.3, -0.25) is 14.4 Å². The van der Waals surface area contributed by atoms with Crippen molar-refractivity contribution in [2.24, 2.45) is 0 Å². The molecule has 0 bridgehead atoms. The number of hydrogen-bond acceptors (Lipinski definition) is 7. The van der Waals surface area contributed by atoms with Gasteiger partial charge in [-0.15, -0.1) is 0 Å². The summed E-state index contributed by atoms with van der Waals surface area (Å²) in [6, 6.07) is 9.78. The summed E-state index contributed by atoms with van der Waals surface area (Å²) in [7, 11) is 0. The molecule has 0 fully saturated rings. The third-order valence-electron chi connectivity index (χ3n) is 4.57. The molecule has 1 heterocycles. The Morgan fingerprint density at radius 3 is 2.37 bits per heavy atom. The summed E-state index contributed by atoms with van der Waals surface area (Å²) in [5, 5.41) is 4.98. The Kier molecular flexibility index (Phi) is 8.13. The molecular formula is C23H19ClF3N3O4S. The maximum Gasteiger partial charge on any atom is 0.417 e. The fraction of sp³-hybridized carbons (Fsp3) is 0.217. The monoisotopic (exact) mass is 525 g/mol. The summed E-state index contributed by atoms with van der Waals surface area (Å²) in [6.45, 7) is 4.00. The first-order valence-electron chi connectivity index (χ1n) is 10.2. The average molecular weight is 526 g/mol. The van der Waals surface area contributed by atoms with Gasteiger partial charge in [0.1, 0.15) is 5.75 Å². The molecule has 0 spiro atoms. The van der Waals surface area contributed by atoms with Gasteiger partial charge < -0.3 is 15.4 Å². The first kappa shape index (κ1) is 26.2. The van der Waals surface area contributed by atoms with E-state index in [2.05, 4.69) is 15.6 Å². The van der Waals surface area contributed by atoms with Crippen LogP contribution in [-0.4, -0.2) is 29.1 Å². The third-order valence-corrected chi connectivity index (χ3v) is 6.01. The van der Waals surface area contributed by atoms with E-state index in [-0.39, 0.29) is 10.6 Å². The van der Waals surface area contributed by atoms with Crippen molar-refractivity contribution in [2.75, 3.05) is 17.2 Å². The molecule has 0 aliphatic heterocycles. The molecule has 1 aromatic heterocycles. The van der Waals surface area contributed by atoms with Crippen LogP contribution in [0.15, 0.2) is 42.5 Å². The van der Waals surface area contributed by atoms with Gasteiger partial charge in [0.05, 0.1) is 34.2 Å². The molecule has 0 aliphatic carbocycles. The van der Waals surface area contributed by atoms with Crippen LogP contribution in [0.4, 0.5) is 29.7 Å². The van der Waals surface area contributed by atoms with Gasteiger partial charge >= 0.3 is 6.18 Å². The zero-order valence-electron chi connectivity index (χ0n) is 18.5. The molecule has 3 aromatic rings. The average Bonchev–Trinajstić information content (AvgIpc) is 3.15. The fourth-order valence-electron chi connectivity index (χ4n) is 2.96. The van der Waals surface area contributed by atoms with E-state index in [0.29, 0.717) is 34.9 Å². The highest BCUT2D eigenvalue weighted by Gasteiger charge is 2.33. The SMILES string of the molecule is CCOc1ccc(Nc2nc(C)c(C(=O)CC(=O)C(=O)Nc3ccc(Cl)c(C(F)(F)F)c3)s2)cc1. The van der Waals surface area contributed by atoms with Crippen molar-refractivity contribution >= 4 is 56.9 Å². The van der Waals surface area contributed by atoms with Crippen molar-refractivity contribution in [1.82, 2.24) is 4.98 Å². The van der Waals surface area contributed by atoms with Gasteiger partial charge in [0.25, 0.3) is 5.91 Å². The van der Waals surface area contributed by atoms with E-state index in [4.69, 9.17) is 16.3 Å². The number of carbonyl (C=O) groups is 3. The summed E-state index contributed by atoms with van der Waals surface area (Å²) in [5.74, 6) is -2.25. The number of alkyl halides is 3. The number of ketones is 2. The number of ether oxygens (including phenoxy) is 1. The predicted octanol–water partition coefficient (Wildman–Crippen LogP) is 6.05. The van der Waals surface area contributed by atoms with Crippen LogP contribution in [0, 0.1) is 6.92 Å². The highest BCUT2D eigenvalue weighted by molar-refractivity contribution is 7.17. The minimum atomic E-state index is -4.74. The first-order valence-corrected chi connectivity index (χ1v) is 11.4. The Bertz CT molecular complexity index is 1260. The van der Waals surface area contributed by atoms with Crippen molar-refractivity contribution in [3.8, 4) is 5.75 Å². The minimum absolute atomic E-state index is 0.186. The third kappa shape index (κ3) is 6.80. The number of thiazole rings is 1. The number of aromatic nitrogens is 1. The summed E-state index contributed by atoms with van der Waals surface area (Å²) < 4.78 is 44.3. The lowest BCUT2D eigenvalue weighted by Gasteiger charge is -2.11. The number of carbonyl (C=O) groups excluding carboxylic acids is 3. The number of anilines is 3. The number of Topliss-reactive ketones (excluding diaryl/α,β-unsaturated/α-hetero) is 2. The second-order valence-corrected chi connectivity index (χ2v) is 8.59. The highest BCUT2D eigenvalue weighted by atomic mass is 35.5. The van der Waals surface area contributed by atoms with Crippen molar-refractivity contribution in [1.29, 1.82) is 0 Å². The molecule has 7 nitrogen and oxygen atoms in total. The second-order valence-electron chi connectivity index (χ2n) is 7.19. The van der Waals surface area contributed by atoms with Gasteiger partial charge in [0, 0.05) is 11.4 Å². The lowest BCUT2D eigenvalue weighted by molar-refractivity contribution is -0.137. The molecule has 0 atom stereocenters. The van der Waals surface area contributed by atoms with Crippen molar-refractivity contribution in [2.45, 2.75) is 26.4 Å².